The van der Waals surface area contributed by atoms with Crippen molar-refractivity contribution in [2.24, 2.45) is 0 Å². The Labute approximate surface area is 57.9 Å². The molecule has 0 bridgehead atoms. The van der Waals surface area contributed by atoms with Gasteiger partial charge >= 0.3 is 42.3 Å². The van der Waals surface area contributed by atoms with Crippen molar-refractivity contribution < 1.29 is 15.0 Å². The third-order valence-corrected chi connectivity index (χ3v) is 0.500. The molecule has 2 N–H and O–H groups in total. The molecule has 0 aliphatic rings. The van der Waals surface area contributed by atoms with E-state index >= 15 is 0 Å². The van der Waals surface area contributed by atoms with Crippen molar-refractivity contribution in [3.05, 3.63) is 0 Å². The van der Waals surface area contributed by atoms with Crippen molar-refractivity contribution in [3.8, 4) is 0 Å². The zero-order chi connectivity index (χ0) is 6.99. The number of rotatable bonds is 1. The van der Waals surface area contributed by atoms with Crippen molar-refractivity contribution in [1.29, 1.82) is 0 Å². The van der Waals surface area contributed by atoms with Crippen LogP contribution < -0.4 is 0 Å². The van der Waals surface area contributed by atoms with Gasteiger partial charge in [0.25, 0.3) is 0 Å². The first-order chi connectivity index (χ1) is 3.65. The summed E-state index contributed by atoms with van der Waals surface area (Å²) < 4.78 is 0. The van der Waals surface area contributed by atoms with Gasteiger partial charge in [0.15, 0.2) is 0 Å². The third-order valence-electron chi connectivity index (χ3n) is 0.500. The zero-order valence-corrected chi connectivity index (χ0v) is 5.22. The average Bonchev–Trinajstić information content (AvgIpc) is 1.65. The normalized spacial score (nSPS) is 6.88. The van der Waals surface area contributed by atoms with Crippen LogP contribution in [0.1, 0.15) is 13.3 Å². The second-order valence-corrected chi connectivity index (χ2v) is 1.28. The van der Waals surface area contributed by atoms with Gasteiger partial charge in [-0.15, -0.1) is 0 Å². The van der Waals surface area contributed by atoms with E-state index in [0.29, 0.717) is 0 Å². The van der Waals surface area contributed by atoms with Crippen LogP contribution in [0, 0.1) is 0 Å². The summed E-state index contributed by atoms with van der Waals surface area (Å²) in [7, 11) is 0. The first kappa shape index (κ1) is 10.8. The van der Waals surface area contributed by atoms with Gasteiger partial charge in [-0.2, -0.15) is 0 Å². The standard InChI is InChI=1S/C3H7.CH2O3.Li/c1-3-2;2-1(3)4;/h1,3H2,2H3;(H2,2,3,4);. The fraction of sp³-hybridized carbons (Fsp3) is 0.750. The molecular weight excluding hydrogens is 103 g/mol. The maximum atomic E-state index is 8.56. The monoisotopic (exact) mass is 112 g/mol. The predicted molar refractivity (Wildman–Crippen MR) is 31.5 cm³/mol. The van der Waals surface area contributed by atoms with Gasteiger partial charge in [0, 0.05) is 0 Å². The molecule has 4 heteroatoms. The summed E-state index contributed by atoms with van der Waals surface area (Å²) in [4.78, 5) is 8.56. The Morgan fingerprint density at radius 1 is 1.62 bits per heavy atom. The first-order valence-corrected chi connectivity index (χ1v) is 2.57. The van der Waals surface area contributed by atoms with E-state index < -0.39 is 6.16 Å². The summed E-state index contributed by atoms with van der Waals surface area (Å²) in [5, 5.41) is 15.3. The molecule has 0 unspecified atom stereocenters. The van der Waals surface area contributed by atoms with E-state index in [4.69, 9.17) is 15.0 Å². The van der Waals surface area contributed by atoms with Gasteiger partial charge in [-0.1, -0.05) is 0 Å². The van der Waals surface area contributed by atoms with E-state index in [1.807, 2.05) is 0 Å². The SMILES string of the molecule is O=C(O)O.[Li][CH2]CC. The minimum absolute atomic E-state index is 1.32. The molecule has 0 amide bonds. The number of carbonyl (C=O) groups is 1. The zero-order valence-electron chi connectivity index (χ0n) is 5.22. The van der Waals surface area contributed by atoms with Crippen LogP contribution in [-0.4, -0.2) is 34.1 Å². The summed E-state index contributed by atoms with van der Waals surface area (Å²) in [5.41, 5.74) is 0. The topological polar surface area (TPSA) is 57.5 Å². The van der Waals surface area contributed by atoms with Gasteiger partial charge in [0.05, 0.1) is 0 Å². The molecule has 0 saturated carbocycles. The number of hydrogen-bond acceptors (Lipinski definition) is 1. The molecule has 0 rings (SSSR count). The second kappa shape index (κ2) is 9.98. The van der Waals surface area contributed by atoms with E-state index in [-0.39, 0.29) is 0 Å². The van der Waals surface area contributed by atoms with Crippen molar-refractivity contribution in [2.45, 2.75) is 18.4 Å². The molecule has 0 spiro atoms. The Balaban J connectivity index is 0. The Bertz CT molecular complexity index is 49.2. The molecule has 0 aromatic heterocycles. The Kier molecular flexibility index (Phi) is 13.4. The Hall–Kier alpha value is -0.133. The molecule has 8 heavy (non-hydrogen) atoms. The van der Waals surface area contributed by atoms with Crippen LogP contribution in [0.2, 0.25) is 5.09 Å². The Morgan fingerprint density at radius 2 is 1.75 bits per heavy atom. The van der Waals surface area contributed by atoms with Crippen molar-refractivity contribution in [3.63, 3.8) is 0 Å². The summed E-state index contributed by atoms with van der Waals surface area (Å²) >= 11 is 2.18. The molecule has 0 radical (unpaired) electrons. The molecule has 0 aromatic rings. The van der Waals surface area contributed by atoms with Crippen LogP contribution in [0.15, 0.2) is 0 Å². The quantitative estimate of drug-likeness (QED) is 0.501. The van der Waals surface area contributed by atoms with Crippen LogP contribution in [-0.2, 0) is 0 Å². The van der Waals surface area contributed by atoms with E-state index in [0.717, 1.165) is 0 Å². The van der Waals surface area contributed by atoms with Crippen LogP contribution in [0.5, 0.6) is 0 Å². The molecule has 0 saturated heterocycles. The first-order valence-electron chi connectivity index (χ1n) is 2.57. The molecule has 0 heterocycles. The van der Waals surface area contributed by atoms with Crippen LogP contribution in [0.3, 0.4) is 0 Å². The van der Waals surface area contributed by atoms with E-state index in [2.05, 4.69) is 24.6 Å². The van der Waals surface area contributed by atoms with Gasteiger partial charge in [-0.05, 0) is 0 Å². The van der Waals surface area contributed by atoms with Crippen molar-refractivity contribution in [2.75, 3.05) is 0 Å². The second-order valence-electron chi connectivity index (χ2n) is 1.28. The van der Waals surface area contributed by atoms with Gasteiger partial charge in [0.1, 0.15) is 0 Å². The van der Waals surface area contributed by atoms with Crippen LogP contribution in [0.25, 0.3) is 0 Å². The van der Waals surface area contributed by atoms with E-state index in [1.54, 1.807) is 0 Å². The molecule has 0 aliphatic carbocycles. The molecule has 0 fully saturated rings. The molecule has 44 valence electrons. The summed E-state index contributed by atoms with van der Waals surface area (Å²) in [5.74, 6) is 0. The van der Waals surface area contributed by atoms with Gasteiger partial charge in [-0.25, -0.2) is 4.79 Å². The fourth-order valence-corrected chi connectivity index (χ4v) is 0. The average molecular weight is 112 g/mol. The van der Waals surface area contributed by atoms with Gasteiger partial charge in [-0.3, -0.25) is 0 Å². The molecule has 0 aliphatic heterocycles. The molecular formula is C4H9LiO3. The van der Waals surface area contributed by atoms with Gasteiger partial charge in [0.2, 0.25) is 0 Å². The van der Waals surface area contributed by atoms with Crippen molar-refractivity contribution in [1.82, 2.24) is 0 Å². The maximum absolute atomic E-state index is 8.56. The molecule has 0 aromatic carbocycles. The molecule has 3 nitrogen and oxygen atoms in total. The minimum atomic E-state index is -1.83. The van der Waals surface area contributed by atoms with Crippen LogP contribution >= 0.6 is 0 Å². The fourth-order valence-electron chi connectivity index (χ4n) is 0. The Morgan fingerprint density at radius 3 is 1.75 bits per heavy atom. The predicted octanol–water partition coefficient (Wildman–Crippen LogP) is 1.21. The van der Waals surface area contributed by atoms with Crippen LogP contribution in [0.4, 0.5) is 4.79 Å². The van der Waals surface area contributed by atoms with E-state index in [1.165, 1.54) is 11.5 Å². The third kappa shape index (κ3) is 185. The number of carboxylic acid groups (broad SMARTS) is 2. The summed E-state index contributed by atoms with van der Waals surface area (Å²) in [6, 6.07) is 0. The molecule has 0 atom stereocenters. The van der Waals surface area contributed by atoms with E-state index in [9.17, 15) is 0 Å². The van der Waals surface area contributed by atoms with Gasteiger partial charge < -0.3 is 10.2 Å². The summed E-state index contributed by atoms with van der Waals surface area (Å²) in [6.07, 6.45) is -0.514. The summed E-state index contributed by atoms with van der Waals surface area (Å²) in [6.45, 7) is 2.18. The number of hydrogen-bond donors (Lipinski definition) is 2. The van der Waals surface area contributed by atoms with Crippen molar-refractivity contribution >= 4 is 23.9 Å².